The molecule has 1 rings (SSSR count). The van der Waals surface area contributed by atoms with E-state index in [1.807, 2.05) is 0 Å². The van der Waals surface area contributed by atoms with Crippen LogP contribution in [0.15, 0.2) is 24.3 Å². The van der Waals surface area contributed by atoms with Gasteiger partial charge in [-0.2, -0.15) is 0 Å². The maximum Gasteiger partial charge on any atom is 0.107 e. The normalized spacial score (nSPS) is 14.4. The second-order valence-corrected chi connectivity index (χ2v) is 3.21. The van der Waals surface area contributed by atoms with Crippen LogP contribution in [0.2, 0.25) is 0 Å². The zero-order valence-corrected chi connectivity index (χ0v) is 8.28. The number of hydrogen-bond acceptors (Lipinski definition) is 2. The minimum atomic E-state index is -1.03. The van der Waals surface area contributed by atoms with Crippen LogP contribution in [0.25, 0.3) is 0 Å². The first-order valence-electron chi connectivity index (χ1n) is 4.18. The summed E-state index contributed by atoms with van der Waals surface area (Å²) in [7, 11) is 0. The number of rotatable bonds is 3. The van der Waals surface area contributed by atoms with E-state index in [9.17, 15) is 10.2 Å². The van der Waals surface area contributed by atoms with Gasteiger partial charge in [0.05, 0.1) is 12.0 Å². The number of terminal acetylenes is 1. The third kappa shape index (κ3) is 2.27. The molecule has 0 heterocycles. The molecule has 2 atom stereocenters. The van der Waals surface area contributed by atoms with Gasteiger partial charge in [0.2, 0.25) is 0 Å². The summed E-state index contributed by atoms with van der Waals surface area (Å²) >= 11 is 5.43. The molecule has 0 aromatic heterocycles. The highest BCUT2D eigenvalue weighted by atomic mass is 35.5. The topological polar surface area (TPSA) is 40.5 Å². The van der Waals surface area contributed by atoms with Crippen molar-refractivity contribution in [1.29, 1.82) is 0 Å². The van der Waals surface area contributed by atoms with E-state index in [1.165, 1.54) is 0 Å². The van der Waals surface area contributed by atoms with E-state index in [1.54, 1.807) is 24.3 Å². The minimum absolute atomic E-state index is 0.0277. The molecule has 1 aromatic rings. The summed E-state index contributed by atoms with van der Waals surface area (Å²) in [5.74, 6) is 2.41. The van der Waals surface area contributed by atoms with Crippen LogP contribution in [0.5, 0.6) is 0 Å². The van der Waals surface area contributed by atoms with Crippen LogP contribution >= 0.6 is 11.6 Å². The lowest BCUT2D eigenvalue weighted by Gasteiger charge is -2.16. The van der Waals surface area contributed by atoms with Gasteiger partial charge in [-0.25, -0.2) is 0 Å². The van der Waals surface area contributed by atoms with Crippen molar-refractivity contribution in [3.63, 3.8) is 0 Å². The highest BCUT2D eigenvalue weighted by molar-refractivity contribution is 6.18. The lowest BCUT2D eigenvalue weighted by atomic mass is 10.00. The predicted molar refractivity (Wildman–Crippen MR) is 56.1 cm³/mol. The molecule has 0 saturated heterocycles. The molecular weight excluding hydrogens is 200 g/mol. The van der Waals surface area contributed by atoms with Gasteiger partial charge in [0.25, 0.3) is 0 Å². The molecule has 3 heteroatoms. The van der Waals surface area contributed by atoms with E-state index in [4.69, 9.17) is 18.0 Å². The van der Waals surface area contributed by atoms with E-state index >= 15 is 0 Å². The standard InChI is InChI=1S/C11H11ClO2/c1-2-8-5-3-4-6-9(8)11(14)10(13)7-12/h1,3-6,10-11,13-14H,7H2. The Morgan fingerprint density at radius 3 is 2.57 bits per heavy atom. The Bertz CT molecular complexity index is 343. The van der Waals surface area contributed by atoms with Gasteiger partial charge < -0.3 is 10.2 Å². The van der Waals surface area contributed by atoms with Crippen molar-refractivity contribution < 1.29 is 10.2 Å². The Labute approximate surface area is 88.1 Å². The highest BCUT2D eigenvalue weighted by Crippen LogP contribution is 2.21. The van der Waals surface area contributed by atoms with Gasteiger partial charge in [0.1, 0.15) is 6.10 Å². The lowest BCUT2D eigenvalue weighted by Crippen LogP contribution is -2.20. The molecule has 14 heavy (non-hydrogen) atoms. The molecule has 0 aliphatic heterocycles. The maximum atomic E-state index is 9.67. The Balaban J connectivity index is 3.01. The summed E-state index contributed by atoms with van der Waals surface area (Å²) in [4.78, 5) is 0. The molecule has 0 spiro atoms. The van der Waals surface area contributed by atoms with Gasteiger partial charge in [-0.05, 0) is 11.6 Å². The van der Waals surface area contributed by atoms with E-state index < -0.39 is 12.2 Å². The van der Waals surface area contributed by atoms with Crippen molar-refractivity contribution in [3.05, 3.63) is 35.4 Å². The summed E-state index contributed by atoms with van der Waals surface area (Å²) in [5, 5.41) is 19.0. The Hall–Kier alpha value is -1.01. The molecule has 0 amide bonds. The monoisotopic (exact) mass is 210 g/mol. The van der Waals surface area contributed by atoms with E-state index in [2.05, 4.69) is 5.92 Å². The maximum absolute atomic E-state index is 9.67. The van der Waals surface area contributed by atoms with Crippen molar-refractivity contribution in [2.24, 2.45) is 0 Å². The van der Waals surface area contributed by atoms with Gasteiger partial charge >= 0.3 is 0 Å². The number of aliphatic hydroxyl groups is 2. The molecule has 0 radical (unpaired) electrons. The van der Waals surface area contributed by atoms with E-state index in [0.29, 0.717) is 11.1 Å². The first-order valence-corrected chi connectivity index (χ1v) is 4.71. The summed E-state index contributed by atoms with van der Waals surface area (Å²) in [5.41, 5.74) is 1.10. The lowest BCUT2D eigenvalue weighted by molar-refractivity contribution is 0.0325. The molecule has 0 fully saturated rings. The van der Waals surface area contributed by atoms with Gasteiger partial charge in [0.15, 0.2) is 0 Å². The van der Waals surface area contributed by atoms with Gasteiger partial charge in [0, 0.05) is 5.56 Å². The minimum Gasteiger partial charge on any atom is -0.389 e. The average Bonchev–Trinajstić information content (AvgIpc) is 2.26. The van der Waals surface area contributed by atoms with E-state index in [-0.39, 0.29) is 5.88 Å². The van der Waals surface area contributed by atoms with Crippen molar-refractivity contribution in [1.82, 2.24) is 0 Å². The summed E-state index contributed by atoms with van der Waals surface area (Å²) in [6.45, 7) is 0. The van der Waals surface area contributed by atoms with Crippen LogP contribution in [0.3, 0.4) is 0 Å². The van der Waals surface area contributed by atoms with Gasteiger partial charge in [-0.3, -0.25) is 0 Å². The quantitative estimate of drug-likeness (QED) is 0.583. The molecule has 2 unspecified atom stereocenters. The zero-order chi connectivity index (χ0) is 10.6. The molecule has 2 N–H and O–H groups in total. The first-order chi connectivity index (χ1) is 6.70. The third-order valence-corrected chi connectivity index (χ3v) is 2.27. The molecule has 0 saturated carbocycles. The molecular formula is C11H11ClO2. The Morgan fingerprint density at radius 1 is 1.36 bits per heavy atom. The number of aliphatic hydroxyl groups excluding tert-OH is 2. The third-order valence-electron chi connectivity index (χ3n) is 1.96. The largest absolute Gasteiger partial charge is 0.389 e. The number of benzene rings is 1. The van der Waals surface area contributed by atoms with Gasteiger partial charge in [-0.15, -0.1) is 18.0 Å². The summed E-state index contributed by atoms with van der Waals surface area (Å²) in [6, 6.07) is 6.91. The molecule has 1 aromatic carbocycles. The smallest absolute Gasteiger partial charge is 0.107 e. The second-order valence-electron chi connectivity index (χ2n) is 2.90. The van der Waals surface area contributed by atoms with Gasteiger partial charge in [-0.1, -0.05) is 24.1 Å². The van der Waals surface area contributed by atoms with Crippen molar-refractivity contribution in [2.45, 2.75) is 12.2 Å². The fourth-order valence-corrected chi connectivity index (χ4v) is 1.35. The molecule has 2 nitrogen and oxygen atoms in total. The Kier molecular flexibility index (Phi) is 3.97. The van der Waals surface area contributed by atoms with E-state index in [0.717, 1.165) is 0 Å². The number of alkyl halides is 1. The predicted octanol–water partition coefficient (Wildman–Crippen LogP) is 1.30. The highest BCUT2D eigenvalue weighted by Gasteiger charge is 2.19. The molecule has 0 bridgehead atoms. The summed E-state index contributed by atoms with van der Waals surface area (Å²) in [6.07, 6.45) is 3.23. The van der Waals surface area contributed by atoms with Crippen LogP contribution < -0.4 is 0 Å². The number of halogens is 1. The van der Waals surface area contributed by atoms with Crippen molar-refractivity contribution >= 4 is 11.6 Å². The molecule has 0 aliphatic carbocycles. The first kappa shape index (κ1) is 11.1. The van der Waals surface area contributed by atoms with Crippen molar-refractivity contribution in [3.8, 4) is 12.3 Å². The fraction of sp³-hybridized carbons (Fsp3) is 0.273. The van der Waals surface area contributed by atoms with Crippen LogP contribution in [0.1, 0.15) is 17.2 Å². The SMILES string of the molecule is C#Cc1ccccc1C(O)C(O)CCl. The molecule has 0 aliphatic rings. The van der Waals surface area contributed by atoms with Crippen LogP contribution in [-0.2, 0) is 0 Å². The Morgan fingerprint density at radius 2 is 2.00 bits per heavy atom. The zero-order valence-electron chi connectivity index (χ0n) is 7.52. The van der Waals surface area contributed by atoms with Crippen molar-refractivity contribution in [2.75, 3.05) is 5.88 Å². The number of hydrogen-bond donors (Lipinski definition) is 2. The summed E-state index contributed by atoms with van der Waals surface area (Å²) < 4.78 is 0. The van der Waals surface area contributed by atoms with Crippen LogP contribution in [0.4, 0.5) is 0 Å². The van der Waals surface area contributed by atoms with Crippen LogP contribution in [-0.4, -0.2) is 22.2 Å². The molecule has 74 valence electrons. The van der Waals surface area contributed by atoms with Crippen LogP contribution in [0, 0.1) is 12.3 Å². The average molecular weight is 211 g/mol. The fourth-order valence-electron chi connectivity index (χ4n) is 1.18. The second kappa shape index (κ2) is 5.02.